The first-order valence-corrected chi connectivity index (χ1v) is 9.42. The van der Waals surface area contributed by atoms with Crippen LogP contribution in [0.3, 0.4) is 0 Å². The first-order chi connectivity index (χ1) is 11.7. The third kappa shape index (κ3) is 4.88. The molecule has 3 rings (SSSR count). The van der Waals surface area contributed by atoms with E-state index in [1.165, 1.54) is 6.42 Å². The van der Waals surface area contributed by atoms with E-state index in [-0.39, 0.29) is 5.91 Å². The number of piperidine rings is 1. The average Bonchev–Trinajstić information content (AvgIpc) is 3.06. The maximum absolute atomic E-state index is 12.0. The number of benzene rings is 1. The van der Waals surface area contributed by atoms with Gasteiger partial charge in [-0.15, -0.1) is 16.9 Å². The van der Waals surface area contributed by atoms with Crippen molar-refractivity contribution < 1.29 is 4.79 Å². The second-order valence-corrected chi connectivity index (χ2v) is 7.24. The van der Waals surface area contributed by atoms with Crippen LogP contribution in [-0.4, -0.2) is 39.9 Å². The number of thioether (sulfide) groups is 1. The van der Waals surface area contributed by atoms with E-state index < -0.39 is 0 Å². The quantitative estimate of drug-likeness (QED) is 0.765. The van der Waals surface area contributed by atoms with Crippen LogP contribution in [0, 0.1) is 0 Å². The van der Waals surface area contributed by atoms with Gasteiger partial charge in [-0.25, -0.2) is 5.10 Å². The highest BCUT2D eigenvalue weighted by Crippen LogP contribution is 2.21. The first kappa shape index (κ1) is 17.1. The number of amides is 1. The Morgan fingerprint density at radius 3 is 2.75 bits per heavy atom. The van der Waals surface area contributed by atoms with Gasteiger partial charge >= 0.3 is 0 Å². The average molecular weight is 366 g/mol. The minimum Gasteiger partial charge on any atom is -0.340 e. The van der Waals surface area contributed by atoms with E-state index in [2.05, 4.69) is 25.4 Å². The van der Waals surface area contributed by atoms with Gasteiger partial charge in [0.05, 0.1) is 0 Å². The summed E-state index contributed by atoms with van der Waals surface area (Å²) in [4.78, 5) is 19.6. The van der Waals surface area contributed by atoms with Crippen molar-refractivity contribution in [3.8, 4) is 0 Å². The lowest BCUT2D eigenvalue weighted by Crippen LogP contribution is -2.30. The van der Waals surface area contributed by atoms with E-state index in [9.17, 15) is 4.79 Å². The second kappa shape index (κ2) is 8.39. The van der Waals surface area contributed by atoms with Gasteiger partial charge in [0, 0.05) is 35.2 Å². The van der Waals surface area contributed by atoms with Crippen LogP contribution in [0.1, 0.15) is 25.7 Å². The number of carbonyl (C=O) groups is 1. The van der Waals surface area contributed by atoms with E-state index in [0.29, 0.717) is 29.1 Å². The Labute approximate surface area is 150 Å². The highest BCUT2D eigenvalue weighted by Gasteiger charge is 2.16. The summed E-state index contributed by atoms with van der Waals surface area (Å²) in [6.45, 7) is 1.95. The summed E-state index contributed by atoms with van der Waals surface area (Å²) in [7, 11) is 0. The van der Waals surface area contributed by atoms with E-state index >= 15 is 0 Å². The molecular weight excluding hydrogens is 346 g/mol. The molecule has 1 aliphatic heterocycles. The summed E-state index contributed by atoms with van der Waals surface area (Å²) >= 11 is 7.47. The smallest absolute Gasteiger partial charge is 0.246 e. The van der Waals surface area contributed by atoms with E-state index in [1.807, 2.05) is 24.3 Å². The van der Waals surface area contributed by atoms with Crippen molar-refractivity contribution in [1.82, 2.24) is 15.2 Å². The predicted molar refractivity (Wildman–Crippen MR) is 97.9 cm³/mol. The SMILES string of the molecule is O=C(CCSc1ccc(Cl)cc1)Nc1nc(N2CCCCC2)n[nH]1. The van der Waals surface area contributed by atoms with Gasteiger partial charge in [-0.1, -0.05) is 11.6 Å². The number of nitrogens with one attached hydrogen (secondary N) is 2. The predicted octanol–water partition coefficient (Wildman–Crippen LogP) is 3.57. The normalized spacial score (nSPS) is 14.6. The standard InChI is InChI=1S/C16H20ClN5OS/c17-12-4-6-13(7-5-12)24-11-8-14(23)18-15-19-16(21-20-15)22-9-2-1-3-10-22/h4-7H,1-3,8-11H2,(H2,18,19,20,21,23). The molecule has 0 aliphatic carbocycles. The maximum atomic E-state index is 12.0. The van der Waals surface area contributed by atoms with Crippen LogP contribution in [0.5, 0.6) is 0 Å². The number of H-pyrrole nitrogens is 1. The van der Waals surface area contributed by atoms with E-state index in [0.717, 1.165) is 30.8 Å². The van der Waals surface area contributed by atoms with Crippen molar-refractivity contribution in [2.75, 3.05) is 29.1 Å². The van der Waals surface area contributed by atoms with Gasteiger partial charge in [-0.2, -0.15) is 4.98 Å². The summed E-state index contributed by atoms with van der Waals surface area (Å²) in [6.07, 6.45) is 4.00. The minimum absolute atomic E-state index is 0.0715. The molecule has 1 aromatic heterocycles. The zero-order chi connectivity index (χ0) is 16.8. The molecule has 1 amide bonds. The summed E-state index contributed by atoms with van der Waals surface area (Å²) < 4.78 is 0. The number of aromatic amines is 1. The van der Waals surface area contributed by atoms with Crippen LogP contribution in [0.4, 0.5) is 11.9 Å². The molecule has 24 heavy (non-hydrogen) atoms. The van der Waals surface area contributed by atoms with Gasteiger partial charge in [-0.3, -0.25) is 10.1 Å². The van der Waals surface area contributed by atoms with Crippen LogP contribution >= 0.6 is 23.4 Å². The van der Waals surface area contributed by atoms with Gasteiger partial charge in [0.2, 0.25) is 17.8 Å². The Balaban J connectivity index is 1.43. The van der Waals surface area contributed by atoms with Crippen molar-refractivity contribution in [2.45, 2.75) is 30.6 Å². The van der Waals surface area contributed by atoms with E-state index in [4.69, 9.17) is 11.6 Å². The van der Waals surface area contributed by atoms with Crippen molar-refractivity contribution >= 4 is 41.2 Å². The van der Waals surface area contributed by atoms with Crippen molar-refractivity contribution in [1.29, 1.82) is 0 Å². The molecule has 6 nitrogen and oxygen atoms in total. The van der Waals surface area contributed by atoms with Gasteiger partial charge in [-0.05, 0) is 43.5 Å². The number of halogens is 1. The van der Waals surface area contributed by atoms with Crippen LogP contribution in [0.2, 0.25) is 5.02 Å². The summed E-state index contributed by atoms with van der Waals surface area (Å²) in [5, 5.41) is 10.5. The first-order valence-electron chi connectivity index (χ1n) is 8.06. The lowest BCUT2D eigenvalue weighted by atomic mass is 10.1. The van der Waals surface area contributed by atoms with Crippen LogP contribution in [-0.2, 0) is 4.79 Å². The molecule has 8 heteroatoms. The number of aromatic nitrogens is 3. The molecular formula is C16H20ClN5OS. The van der Waals surface area contributed by atoms with Crippen LogP contribution < -0.4 is 10.2 Å². The number of nitrogens with zero attached hydrogens (tertiary/aromatic N) is 3. The zero-order valence-corrected chi connectivity index (χ0v) is 14.9. The molecule has 0 atom stereocenters. The Morgan fingerprint density at radius 2 is 2.00 bits per heavy atom. The fraction of sp³-hybridized carbons (Fsp3) is 0.438. The molecule has 2 aromatic rings. The Morgan fingerprint density at radius 1 is 1.25 bits per heavy atom. The molecule has 1 saturated heterocycles. The fourth-order valence-electron chi connectivity index (χ4n) is 2.53. The molecule has 2 N–H and O–H groups in total. The monoisotopic (exact) mass is 365 g/mol. The number of hydrogen-bond donors (Lipinski definition) is 2. The zero-order valence-electron chi connectivity index (χ0n) is 13.3. The van der Waals surface area contributed by atoms with Gasteiger partial charge < -0.3 is 4.90 Å². The highest BCUT2D eigenvalue weighted by atomic mass is 35.5. The Kier molecular flexibility index (Phi) is 5.98. The molecule has 1 aromatic carbocycles. The number of anilines is 2. The molecule has 0 saturated carbocycles. The molecule has 2 heterocycles. The topological polar surface area (TPSA) is 73.9 Å². The number of carbonyl (C=O) groups excluding carboxylic acids is 1. The van der Waals surface area contributed by atoms with Crippen LogP contribution in [0.15, 0.2) is 29.2 Å². The fourth-order valence-corrected chi connectivity index (χ4v) is 3.51. The molecule has 0 unspecified atom stereocenters. The van der Waals surface area contributed by atoms with Crippen molar-refractivity contribution in [3.63, 3.8) is 0 Å². The van der Waals surface area contributed by atoms with E-state index in [1.54, 1.807) is 11.8 Å². The lowest BCUT2D eigenvalue weighted by molar-refractivity contribution is -0.115. The largest absolute Gasteiger partial charge is 0.340 e. The highest BCUT2D eigenvalue weighted by molar-refractivity contribution is 7.99. The van der Waals surface area contributed by atoms with Crippen molar-refractivity contribution in [3.05, 3.63) is 29.3 Å². The Hall–Kier alpha value is -1.73. The summed E-state index contributed by atoms with van der Waals surface area (Å²) in [5.74, 6) is 1.70. The van der Waals surface area contributed by atoms with Crippen molar-refractivity contribution in [2.24, 2.45) is 0 Å². The Bertz CT molecular complexity index is 669. The number of hydrogen-bond acceptors (Lipinski definition) is 5. The third-order valence-corrected chi connectivity index (χ3v) is 5.05. The number of rotatable bonds is 6. The molecule has 0 radical (unpaired) electrons. The van der Waals surface area contributed by atoms with Gasteiger partial charge in [0.15, 0.2) is 0 Å². The third-order valence-electron chi connectivity index (χ3n) is 3.78. The minimum atomic E-state index is -0.0715. The molecule has 1 fully saturated rings. The molecule has 128 valence electrons. The summed E-state index contributed by atoms with van der Waals surface area (Å²) in [5.41, 5.74) is 0. The summed E-state index contributed by atoms with van der Waals surface area (Å²) in [6, 6.07) is 7.60. The lowest BCUT2D eigenvalue weighted by Gasteiger charge is -2.24. The molecule has 1 aliphatic rings. The van der Waals surface area contributed by atoms with Crippen LogP contribution in [0.25, 0.3) is 0 Å². The van der Waals surface area contributed by atoms with Gasteiger partial charge in [0.25, 0.3) is 0 Å². The van der Waals surface area contributed by atoms with Gasteiger partial charge in [0.1, 0.15) is 0 Å². The second-order valence-electron chi connectivity index (χ2n) is 5.63. The molecule has 0 spiro atoms. The molecule has 0 bridgehead atoms. The maximum Gasteiger partial charge on any atom is 0.246 e.